The van der Waals surface area contributed by atoms with Gasteiger partial charge < -0.3 is 10.2 Å². The average molecular weight is 355 g/mol. The largest absolute Gasteiger partial charge is 0.425 e. The third-order valence-corrected chi connectivity index (χ3v) is 6.03. The molecular formula is C16H16F3N3OS. The number of halogens is 3. The number of carbonyl (C=O) groups excluding carboxylic acids is 1. The molecule has 0 spiro atoms. The maximum absolute atomic E-state index is 12.8. The fourth-order valence-corrected chi connectivity index (χ4v) is 4.51. The van der Waals surface area contributed by atoms with Crippen LogP contribution in [0.1, 0.15) is 28.2 Å². The molecule has 2 bridgehead atoms. The Bertz CT molecular complexity index is 780. The quantitative estimate of drug-likeness (QED) is 0.900. The van der Waals surface area contributed by atoms with Gasteiger partial charge in [0.1, 0.15) is 10.6 Å². The lowest BCUT2D eigenvalue weighted by Crippen LogP contribution is -2.57. The van der Waals surface area contributed by atoms with Gasteiger partial charge in [0.05, 0.1) is 0 Å². The number of pyridine rings is 1. The number of hydrogen-bond acceptors (Lipinski definition) is 4. The van der Waals surface area contributed by atoms with Crippen LogP contribution in [-0.2, 0) is 6.18 Å². The van der Waals surface area contributed by atoms with Gasteiger partial charge in [-0.25, -0.2) is 0 Å². The van der Waals surface area contributed by atoms with Crippen molar-refractivity contribution in [3.63, 3.8) is 0 Å². The second kappa shape index (κ2) is 5.70. The maximum Gasteiger partial charge on any atom is 0.425 e. The van der Waals surface area contributed by atoms with Crippen molar-refractivity contribution in [3.8, 4) is 0 Å². The molecule has 24 heavy (non-hydrogen) atoms. The summed E-state index contributed by atoms with van der Waals surface area (Å²) in [5.74, 6) is 0.179. The molecule has 0 aliphatic carbocycles. The van der Waals surface area contributed by atoms with Crippen LogP contribution in [0.15, 0.2) is 18.3 Å². The Morgan fingerprint density at radius 1 is 1.29 bits per heavy atom. The van der Waals surface area contributed by atoms with Gasteiger partial charge in [0.2, 0.25) is 0 Å². The monoisotopic (exact) mass is 355 g/mol. The molecular weight excluding hydrogens is 339 g/mol. The van der Waals surface area contributed by atoms with Crippen LogP contribution >= 0.6 is 11.3 Å². The molecule has 8 heteroatoms. The number of rotatable bonds is 2. The topological polar surface area (TPSA) is 45.2 Å². The molecule has 4 nitrogen and oxygen atoms in total. The van der Waals surface area contributed by atoms with Crippen molar-refractivity contribution in [1.82, 2.24) is 15.2 Å². The highest BCUT2D eigenvalue weighted by atomic mass is 32.1. The van der Waals surface area contributed by atoms with Gasteiger partial charge in [-0.05, 0) is 44.0 Å². The molecule has 2 aromatic heterocycles. The van der Waals surface area contributed by atoms with Crippen molar-refractivity contribution < 1.29 is 18.0 Å². The van der Waals surface area contributed by atoms with E-state index >= 15 is 0 Å². The zero-order valence-corrected chi connectivity index (χ0v) is 13.6. The summed E-state index contributed by atoms with van der Waals surface area (Å²) in [6.07, 6.45) is -0.872. The molecule has 1 atom stereocenters. The first kappa shape index (κ1) is 15.8. The number of piperidine rings is 3. The predicted molar refractivity (Wildman–Crippen MR) is 85.0 cm³/mol. The van der Waals surface area contributed by atoms with Crippen LogP contribution in [0, 0.1) is 5.92 Å². The molecule has 3 aliphatic heterocycles. The summed E-state index contributed by atoms with van der Waals surface area (Å²) in [6, 6.07) is 2.63. The molecule has 128 valence electrons. The Labute approximate surface area is 140 Å². The molecule has 3 saturated heterocycles. The molecule has 0 aromatic carbocycles. The van der Waals surface area contributed by atoms with Gasteiger partial charge in [0.25, 0.3) is 5.91 Å². The number of aromatic nitrogens is 1. The van der Waals surface area contributed by atoms with E-state index in [1.54, 1.807) is 0 Å². The first-order valence-corrected chi connectivity index (χ1v) is 8.72. The van der Waals surface area contributed by atoms with Gasteiger partial charge in [-0.15, -0.1) is 11.3 Å². The summed E-state index contributed by atoms with van der Waals surface area (Å²) >= 11 is 0.641. The number of nitrogens with one attached hydrogen (secondary N) is 1. The summed E-state index contributed by atoms with van der Waals surface area (Å²) < 4.78 is 38.8. The Balaban J connectivity index is 1.54. The minimum absolute atomic E-state index is 0.103. The van der Waals surface area contributed by atoms with E-state index in [9.17, 15) is 18.0 Å². The Morgan fingerprint density at radius 2 is 2.04 bits per heavy atom. The van der Waals surface area contributed by atoms with Crippen LogP contribution in [0.5, 0.6) is 0 Å². The number of hydrogen-bond donors (Lipinski definition) is 1. The first-order chi connectivity index (χ1) is 11.4. The Morgan fingerprint density at radius 3 is 2.67 bits per heavy atom. The van der Waals surface area contributed by atoms with E-state index in [4.69, 9.17) is 0 Å². The molecule has 5 heterocycles. The lowest BCUT2D eigenvalue weighted by atomic mass is 9.84. The van der Waals surface area contributed by atoms with Gasteiger partial charge in [-0.2, -0.15) is 13.2 Å². The zero-order valence-electron chi connectivity index (χ0n) is 12.8. The van der Waals surface area contributed by atoms with E-state index in [-0.39, 0.29) is 17.6 Å². The van der Waals surface area contributed by atoms with E-state index in [2.05, 4.69) is 15.2 Å². The van der Waals surface area contributed by atoms with Crippen molar-refractivity contribution in [2.45, 2.75) is 25.1 Å². The fourth-order valence-electron chi connectivity index (χ4n) is 3.57. The number of fused-ring (bicyclic) bond motifs is 4. The lowest BCUT2D eigenvalue weighted by Gasteiger charge is -2.44. The maximum atomic E-state index is 12.8. The SMILES string of the molecule is O=C(NC1CN2CCC1CC2)c1cc2sc(C(F)(F)F)cc2cn1. The zero-order chi connectivity index (χ0) is 16.9. The highest BCUT2D eigenvalue weighted by molar-refractivity contribution is 7.19. The summed E-state index contributed by atoms with van der Waals surface area (Å²) in [6.45, 7) is 3.00. The van der Waals surface area contributed by atoms with Crippen LogP contribution in [-0.4, -0.2) is 41.5 Å². The number of amides is 1. The van der Waals surface area contributed by atoms with Crippen molar-refractivity contribution >= 4 is 27.3 Å². The second-order valence-electron chi connectivity index (χ2n) is 6.43. The van der Waals surface area contributed by atoms with Crippen LogP contribution in [0.3, 0.4) is 0 Å². The average Bonchev–Trinajstić information content (AvgIpc) is 2.99. The smallest absolute Gasteiger partial charge is 0.346 e. The third-order valence-electron chi connectivity index (χ3n) is 4.89. The molecule has 1 N–H and O–H groups in total. The second-order valence-corrected chi connectivity index (χ2v) is 7.52. The van der Waals surface area contributed by atoms with Crippen LogP contribution in [0.4, 0.5) is 13.2 Å². The molecule has 3 fully saturated rings. The van der Waals surface area contributed by atoms with E-state index in [1.165, 1.54) is 12.3 Å². The molecule has 1 unspecified atom stereocenters. The number of alkyl halides is 3. The van der Waals surface area contributed by atoms with Crippen LogP contribution in [0.2, 0.25) is 0 Å². The van der Waals surface area contributed by atoms with E-state index in [0.29, 0.717) is 27.3 Å². The van der Waals surface area contributed by atoms with Crippen molar-refractivity contribution in [2.24, 2.45) is 5.92 Å². The van der Waals surface area contributed by atoms with Gasteiger partial charge >= 0.3 is 6.18 Å². The minimum atomic E-state index is -4.37. The highest BCUT2D eigenvalue weighted by Crippen LogP contribution is 2.38. The fraction of sp³-hybridized carbons (Fsp3) is 0.500. The highest BCUT2D eigenvalue weighted by Gasteiger charge is 2.35. The normalized spacial score (nSPS) is 26.7. The minimum Gasteiger partial charge on any atom is -0.346 e. The third kappa shape index (κ3) is 2.88. The van der Waals surface area contributed by atoms with Gasteiger partial charge in [0.15, 0.2) is 0 Å². The van der Waals surface area contributed by atoms with Gasteiger partial charge in [-0.1, -0.05) is 0 Å². The summed E-state index contributed by atoms with van der Waals surface area (Å²) in [5, 5.41) is 3.42. The Kier molecular flexibility index (Phi) is 3.76. The van der Waals surface area contributed by atoms with Gasteiger partial charge in [-0.3, -0.25) is 9.78 Å². The standard InChI is InChI=1S/C16H16F3N3OS/c17-16(18,19)14-5-10-7-20-11(6-13(10)24-14)15(23)21-12-8-22-3-1-9(12)2-4-22/h5-7,9,12H,1-4,8H2,(H,21,23). The van der Waals surface area contributed by atoms with Gasteiger partial charge in [0, 0.05) is 28.9 Å². The predicted octanol–water partition coefficient (Wildman–Crippen LogP) is 3.14. The number of nitrogens with zero attached hydrogens (tertiary/aromatic N) is 2. The molecule has 1 amide bonds. The van der Waals surface area contributed by atoms with Crippen LogP contribution < -0.4 is 5.32 Å². The van der Waals surface area contributed by atoms with E-state index in [0.717, 1.165) is 38.5 Å². The first-order valence-electron chi connectivity index (χ1n) is 7.90. The van der Waals surface area contributed by atoms with E-state index in [1.807, 2.05) is 0 Å². The number of carbonyl (C=O) groups is 1. The summed E-state index contributed by atoms with van der Waals surface area (Å²) in [7, 11) is 0. The van der Waals surface area contributed by atoms with Crippen molar-refractivity contribution in [1.29, 1.82) is 0 Å². The summed E-state index contributed by atoms with van der Waals surface area (Å²) in [4.78, 5) is 18.1. The van der Waals surface area contributed by atoms with Crippen molar-refractivity contribution in [2.75, 3.05) is 19.6 Å². The summed E-state index contributed by atoms with van der Waals surface area (Å²) in [5.41, 5.74) is 0.175. The van der Waals surface area contributed by atoms with E-state index < -0.39 is 11.1 Å². The lowest BCUT2D eigenvalue weighted by molar-refractivity contribution is -0.134. The molecule has 0 saturated carbocycles. The van der Waals surface area contributed by atoms with Crippen LogP contribution in [0.25, 0.3) is 10.1 Å². The molecule has 2 aromatic rings. The molecule has 3 aliphatic rings. The Hall–Kier alpha value is -1.67. The van der Waals surface area contributed by atoms with Crippen molar-refractivity contribution in [3.05, 3.63) is 28.9 Å². The molecule has 0 radical (unpaired) electrons. The number of thiophene rings is 1. The molecule has 5 rings (SSSR count).